The van der Waals surface area contributed by atoms with Crippen LogP contribution >= 0.6 is 0 Å². The lowest BCUT2D eigenvalue weighted by molar-refractivity contribution is -0.274. The van der Waals surface area contributed by atoms with Gasteiger partial charge in [-0.2, -0.15) is 5.10 Å². The minimum absolute atomic E-state index is 0.000900. The number of rotatable bonds is 10. The van der Waals surface area contributed by atoms with Crippen LogP contribution < -0.4 is 4.74 Å². The van der Waals surface area contributed by atoms with Gasteiger partial charge in [0.2, 0.25) is 0 Å². The molecular formula is C29H30F3N5O2. The van der Waals surface area contributed by atoms with Gasteiger partial charge in [0.25, 0.3) is 5.91 Å². The van der Waals surface area contributed by atoms with Crippen LogP contribution in [0.15, 0.2) is 58.5 Å². The van der Waals surface area contributed by atoms with Crippen molar-refractivity contribution in [1.82, 2.24) is 14.7 Å². The van der Waals surface area contributed by atoms with Crippen molar-refractivity contribution < 1.29 is 22.7 Å². The van der Waals surface area contributed by atoms with E-state index in [1.807, 2.05) is 35.4 Å². The number of carbonyl (C=O) groups excluding carboxylic acids is 1. The zero-order chi connectivity index (χ0) is 27.6. The number of benzene rings is 2. The fourth-order valence-electron chi connectivity index (χ4n) is 4.96. The van der Waals surface area contributed by atoms with Gasteiger partial charge in [0.05, 0.1) is 11.7 Å². The molecule has 2 aromatic carbocycles. The van der Waals surface area contributed by atoms with Gasteiger partial charge < -0.3 is 14.6 Å². The molecule has 0 saturated carbocycles. The van der Waals surface area contributed by atoms with E-state index in [1.165, 1.54) is 12.1 Å². The molecule has 204 valence electrons. The van der Waals surface area contributed by atoms with E-state index < -0.39 is 6.36 Å². The molecule has 0 spiro atoms. The Bertz CT molecular complexity index is 1390. The summed E-state index contributed by atoms with van der Waals surface area (Å²) in [5.74, 6) is -0.429. The highest BCUT2D eigenvalue weighted by atomic mass is 19.4. The monoisotopic (exact) mass is 537 g/mol. The number of nitrogens with zero attached hydrogens (tertiary/aromatic N) is 5. The first-order valence-corrected chi connectivity index (χ1v) is 13.1. The van der Waals surface area contributed by atoms with Gasteiger partial charge >= 0.3 is 6.36 Å². The molecule has 7 nitrogen and oxygen atoms in total. The van der Waals surface area contributed by atoms with Crippen molar-refractivity contribution in [2.24, 2.45) is 9.98 Å². The molecule has 1 aromatic heterocycles. The van der Waals surface area contributed by atoms with Crippen molar-refractivity contribution in [3.63, 3.8) is 0 Å². The van der Waals surface area contributed by atoms with E-state index in [2.05, 4.69) is 21.6 Å². The Hall–Kier alpha value is -3.95. The van der Waals surface area contributed by atoms with Crippen LogP contribution in [0.2, 0.25) is 0 Å². The van der Waals surface area contributed by atoms with Gasteiger partial charge in [0.1, 0.15) is 17.5 Å². The normalized spacial score (nSPS) is 18.6. The standard InChI is InChI=1S/C29H30F3N5O2/c1-3-4-5-22-18-36(17-19-6-8-20(9-7-19)26-16-34-26)28(38)27-15-25(35-37(22)27)24-11-10-23(39-29(30,31)32)14-21(24)12-13-33-2/h6-11,13-16,22,26H,3-5,12,17-18H2,1-2H3. The molecule has 2 aliphatic heterocycles. The van der Waals surface area contributed by atoms with Gasteiger partial charge in [0, 0.05) is 44.6 Å². The predicted molar refractivity (Wildman–Crippen MR) is 143 cm³/mol. The van der Waals surface area contributed by atoms with Crippen LogP contribution in [0.4, 0.5) is 13.2 Å². The van der Waals surface area contributed by atoms with E-state index >= 15 is 0 Å². The molecule has 2 aliphatic rings. The van der Waals surface area contributed by atoms with Crippen LogP contribution in [0, 0.1) is 0 Å². The lowest BCUT2D eigenvalue weighted by atomic mass is 10.0. The third-order valence-electron chi connectivity index (χ3n) is 6.98. The van der Waals surface area contributed by atoms with Gasteiger partial charge in [-0.1, -0.05) is 44.0 Å². The molecular weight excluding hydrogens is 507 g/mol. The quantitative estimate of drug-likeness (QED) is 0.289. The highest BCUT2D eigenvalue weighted by Gasteiger charge is 2.34. The third-order valence-corrected chi connectivity index (χ3v) is 6.98. The van der Waals surface area contributed by atoms with Crippen LogP contribution in [0.1, 0.15) is 65.4 Å². The van der Waals surface area contributed by atoms with E-state index in [1.54, 1.807) is 30.1 Å². The molecule has 2 unspecified atom stereocenters. The first-order valence-electron chi connectivity index (χ1n) is 13.1. The summed E-state index contributed by atoms with van der Waals surface area (Å²) in [5.41, 5.74) is 4.41. The first-order chi connectivity index (χ1) is 18.8. The number of aromatic nitrogens is 2. The lowest BCUT2D eigenvalue weighted by Gasteiger charge is -2.33. The van der Waals surface area contributed by atoms with E-state index in [-0.39, 0.29) is 23.7 Å². The Labute approximate surface area is 225 Å². The van der Waals surface area contributed by atoms with Crippen molar-refractivity contribution in [2.45, 2.75) is 57.6 Å². The number of ether oxygens (including phenoxy) is 1. The van der Waals surface area contributed by atoms with Crippen LogP contribution in [0.3, 0.4) is 0 Å². The number of unbranched alkanes of at least 4 members (excludes halogenated alkanes) is 1. The highest BCUT2D eigenvalue weighted by Crippen LogP contribution is 2.34. The summed E-state index contributed by atoms with van der Waals surface area (Å²) in [6.45, 7) is 3.14. The molecule has 0 fully saturated rings. The summed E-state index contributed by atoms with van der Waals surface area (Å²) in [5, 5.41) is 4.81. The molecule has 39 heavy (non-hydrogen) atoms. The van der Waals surface area contributed by atoms with Gasteiger partial charge in [-0.3, -0.25) is 14.5 Å². The fraction of sp³-hybridized carbons (Fsp3) is 0.379. The molecule has 1 amide bonds. The van der Waals surface area contributed by atoms with Gasteiger partial charge in [-0.05, 0) is 47.4 Å². The maximum Gasteiger partial charge on any atom is 0.573 e. The highest BCUT2D eigenvalue weighted by molar-refractivity contribution is 5.94. The number of fused-ring (bicyclic) bond motifs is 1. The zero-order valence-electron chi connectivity index (χ0n) is 21.9. The Morgan fingerprint density at radius 2 is 1.92 bits per heavy atom. The molecule has 0 aliphatic carbocycles. The molecule has 10 heteroatoms. The molecule has 3 heterocycles. The number of amides is 1. The Balaban J connectivity index is 1.45. The molecule has 0 N–H and O–H groups in total. The maximum atomic E-state index is 13.6. The number of aliphatic imine (C=N–C) groups is 2. The summed E-state index contributed by atoms with van der Waals surface area (Å²) in [4.78, 5) is 23.7. The molecule has 0 radical (unpaired) electrons. The van der Waals surface area contributed by atoms with Crippen molar-refractivity contribution in [3.8, 4) is 17.0 Å². The van der Waals surface area contributed by atoms with Crippen LogP contribution in [0.5, 0.6) is 5.75 Å². The number of alkyl halides is 3. The zero-order valence-corrected chi connectivity index (χ0v) is 21.9. The number of carbonyl (C=O) groups is 1. The lowest BCUT2D eigenvalue weighted by Crippen LogP contribution is -2.42. The van der Waals surface area contributed by atoms with Crippen molar-refractivity contribution in [3.05, 3.63) is 70.9 Å². The number of halogens is 3. The first kappa shape index (κ1) is 26.6. The summed E-state index contributed by atoms with van der Waals surface area (Å²) in [7, 11) is 1.60. The minimum Gasteiger partial charge on any atom is -0.406 e. The van der Waals surface area contributed by atoms with Gasteiger partial charge in [-0.15, -0.1) is 13.2 Å². The predicted octanol–water partition coefficient (Wildman–Crippen LogP) is 6.20. The van der Waals surface area contributed by atoms with E-state index in [9.17, 15) is 18.0 Å². The second-order valence-corrected chi connectivity index (χ2v) is 9.84. The van der Waals surface area contributed by atoms with Crippen LogP contribution in [-0.2, 0) is 13.0 Å². The second kappa shape index (κ2) is 11.0. The van der Waals surface area contributed by atoms with Gasteiger partial charge in [0.15, 0.2) is 0 Å². The second-order valence-electron chi connectivity index (χ2n) is 9.84. The SMILES string of the molecule is CCCCC1CN(Cc2ccc(C3C=N3)cc2)C(=O)c2cc(-c3ccc(OC(F)(F)F)cc3CC=NC)nn21. The summed E-state index contributed by atoms with van der Waals surface area (Å²) >= 11 is 0. The number of hydrogen-bond donors (Lipinski definition) is 0. The van der Waals surface area contributed by atoms with Crippen LogP contribution in [-0.4, -0.2) is 53.0 Å². The molecule has 5 rings (SSSR count). The molecule has 0 bridgehead atoms. The average Bonchev–Trinajstić information content (AvgIpc) is 3.66. The maximum absolute atomic E-state index is 13.6. The van der Waals surface area contributed by atoms with E-state index in [0.717, 1.165) is 30.4 Å². The van der Waals surface area contributed by atoms with Crippen molar-refractivity contribution in [1.29, 1.82) is 0 Å². The minimum atomic E-state index is -4.79. The Morgan fingerprint density at radius 1 is 1.15 bits per heavy atom. The van der Waals surface area contributed by atoms with Gasteiger partial charge in [-0.25, -0.2) is 0 Å². The van der Waals surface area contributed by atoms with E-state index in [0.29, 0.717) is 42.0 Å². The summed E-state index contributed by atoms with van der Waals surface area (Å²) in [6, 6.07) is 14.3. The molecule has 3 aromatic rings. The third kappa shape index (κ3) is 6.21. The fourth-order valence-corrected chi connectivity index (χ4v) is 4.96. The summed E-state index contributed by atoms with van der Waals surface area (Å²) < 4.78 is 44.4. The molecule has 2 atom stereocenters. The summed E-state index contributed by atoms with van der Waals surface area (Å²) in [6.07, 6.45) is 1.88. The van der Waals surface area contributed by atoms with E-state index in [4.69, 9.17) is 5.10 Å². The number of hydrogen-bond acceptors (Lipinski definition) is 5. The molecule has 0 saturated heterocycles. The Kier molecular flexibility index (Phi) is 7.54. The smallest absolute Gasteiger partial charge is 0.406 e. The van der Waals surface area contributed by atoms with Crippen LogP contribution in [0.25, 0.3) is 11.3 Å². The largest absolute Gasteiger partial charge is 0.573 e. The average molecular weight is 538 g/mol. The topological polar surface area (TPSA) is 72.1 Å². The van der Waals surface area contributed by atoms with Crippen molar-refractivity contribution >= 4 is 18.3 Å². The van der Waals surface area contributed by atoms with Crippen molar-refractivity contribution in [2.75, 3.05) is 13.6 Å². The Morgan fingerprint density at radius 3 is 2.59 bits per heavy atom.